The Hall–Kier alpha value is -1.99. The second-order valence-corrected chi connectivity index (χ2v) is 15.6. The van der Waals surface area contributed by atoms with Crippen LogP contribution < -0.4 is 10.6 Å². The predicted molar refractivity (Wildman–Crippen MR) is 131 cm³/mol. The number of rotatable bonds is 7. The van der Waals surface area contributed by atoms with Crippen LogP contribution in [0, 0.1) is 11.3 Å². The van der Waals surface area contributed by atoms with Gasteiger partial charge in [0, 0.05) is 38.3 Å². The number of amides is 1. The lowest BCUT2D eigenvalue weighted by atomic mass is 10.00. The largest absolute Gasteiger partial charge is 0.410 e. The van der Waals surface area contributed by atoms with Crippen LogP contribution in [-0.4, -0.2) is 74.6 Å². The van der Waals surface area contributed by atoms with Crippen molar-refractivity contribution in [3.8, 4) is 6.07 Å². The summed E-state index contributed by atoms with van der Waals surface area (Å²) >= 11 is 0. The number of ether oxygens (including phenoxy) is 1. The van der Waals surface area contributed by atoms with Crippen molar-refractivity contribution in [2.45, 2.75) is 83.0 Å². The van der Waals surface area contributed by atoms with Gasteiger partial charge in [-0.3, -0.25) is 4.79 Å². The minimum atomic E-state index is -2.08. The first-order valence-corrected chi connectivity index (χ1v) is 14.8. The third kappa shape index (κ3) is 5.93. The van der Waals surface area contributed by atoms with Gasteiger partial charge in [0.15, 0.2) is 8.32 Å². The van der Waals surface area contributed by atoms with Crippen molar-refractivity contribution < 1.29 is 14.0 Å². The van der Waals surface area contributed by atoms with Crippen LogP contribution in [0.4, 0.5) is 5.82 Å². The molecular formula is C24H39N5O3Si. The highest BCUT2D eigenvalue weighted by Crippen LogP contribution is 2.39. The zero-order valence-corrected chi connectivity index (χ0v) is 21.9. The van der Waals surface area contributed by atoms with E-state index in [1.165, 1.54) is 0 Å². The fourth-order valence-electron chi connectivity index (χ4n) is 4.21. The van der Waals surface area contributed by atoms with Gasteiger partial charge in [-0.25, -0.2) is 4.98 Å². The van der Waals surface area contributed by atoms with Crippen LogP contribution in [0.1, 0.15) is 46.1 Å². The molecule has 9 heteroatoms. The fraction of sp³-hybridized carbons (Fsp3) is 0.708. The third-order valence-corrected chi connectivity index (χ3v) is 11.6. The van der Waals surface area contributed by atoms with E-state index in [1.54, 1.807) is 12.3 Å². The first kappa shape index (κ1) is 25.6. The van der Waals surface area contributed by atoms with Crippen molar-refractivity contribution in [1.29, 1.82) is 5.26 Å². The number of aromatic nitrogens is 1. The average molecular weight is 474 g/mol. The predicted octanol–water partition coefficient (Wildman–Crippen LogP) is 2.89. The van der Waals surface area contributed by atoms with E-state index in [4.69, 9.17) is 20.2 Å². The summed E-state index contributed by atoms with van der Waals surface area (Å²) in [5, 5.41) is 9.14. The van der Waals surface area contributed by atoms with Gasteiger partial charge in [-0.15, -0.1) is 0 Å². The molecule has 2 aliphatic rings. The molecule has 2 aliphatic heterocycles. The van der Waals surface area contributed by atoms with Crippen LogP contribution in [0.2, 0.25) is 18.1 Å². The lowest BCUT2D eigenvalue weighted by molar-refractivity contribution is -0.141. The van der Waals surface area contributed by atoms with Crippen molar-refractivity contribution >= 4 is 20.0 Å². The van der Waals surface area contributed by atoms with E-state index in [-0.39, 0.29) is 29.1 Å². The van der Waals surface area contributed by atoms with E-state index >= 15 is 0 Å². The molecule has 0 saturated carbocycles. The molecule has 0 aromatic carbocycles. The van der Waals surface area contributed by atoms with Gasteiger partial charge >= 0.3 is 0 Å². The van der Waals surface area contributed by atoms with E-state index in [1.807, 2.05) is 17.9 Å². The second kappa shape index (κ2) is 10.1. The molecule has 4 atom stereocenters. The molecule has 2 fully saturated rings. The van der Waals surface area contributed by atoms with Crippen molar-refractivity contribution in [1.82, 2.24) is 9.88 Å². The molecular weight excluding hydrogens is 434 g/mol. The first-order chi connectivity index (χ1) is 15.4. The van der Waals surface area contributed by atoms with Crippen molar-refractivity contribution in [2.24, 2.45) is 5.73 Å². The SMILES string of the molecule is C[C@H](N)CO[C@@H]1CCN([C@@H]2CCN(c3ccc(C#N)cn3)C[C@H]2O[Si](C)(C)C(C)(C)C)C1=O. The van der Waals surface area contributed by atoms with Crippen LogP contribution in [0.5, 0.6) is 0 Å². The highest BCUT2D eigenvalue weighted by Gasteiger charge is 2.46. The van der Waals surface area contributed by atoms with E-state index in [0.717, 1.165) is 18.8 Å². The molecule has 3 heterocycles. The number of carbonyl (C=O) groups is 1. The van der Waals surface area contributed by atoms with Gasteiger partial charge < -0.3 is 24.7 Å². The van der Waals surface area contributed by atoms with Crippen molar-refractivity contribution in [3.05, 3.63) is 23.9 Å². The molecule has 8 nitrogen and oxygen atoms in total. The number of piperidine rings is 1. The van der Waals surface area contributed by atoms with Crippen LogP contribution in [0.3, 0.4) is 0 Å². The van der Waals surface area contributed by atoms with Crippen LogP contribution in [-0.2, 0) is 14.0 Å². The summed E-state index contributed by atoms with van der Waals surface area (Å²) in [6, 6.07) is 5.72. The number of nitrogens with zero attached hydrogens (tertiary/aromatic N) is 4. The molecule has 0 aliphatic carbocycles. The zero-order valence-electron chi connectivity index (χ0n) is 20.9. The molecule has 1 aromatic rings. The van der Waals surface area contributed by atoms with Gasteiger partial charge in [0.05, 0.1) is 24.3 Å². The molecule has 1 aromatic heterocycles. The monoisotopic (exact) mass is 473 g/mol. The maximum atomic E-state index is 13.2. The Morgan fingerprint density at radius 3 is 2.61 bits per heavy atom. The number of hydrogen-bond donors (Lipinski definition) is 1. The normalized spacial score (nSPS) is 25.3. The van der Waals surface area contributed by atoms with E-state index in [2.05, 4.69) is 49.8 Å². The number of likely N-dealkylation sites (tertiary alicyclic amines) is 1. The van der Waals surface area contributed by atoms with E-state index in [9.17, 15) is 4.79 Å². The van der Waals surface area contributed by atoms with Crippen molar-refractivity contribution in [3.63, 3.8) is 0 Å². The summed E-state index contributed by atoms with van der Waals surface area (Å²) in [5.74, 6) is 0.886. The fourth-order valence-corrected chi connectivity index (χ4v) is 5.55. The number of pyridine rings is 1. The highest BCUT2D eigenvalue weighted by molar-refractivity contribution is 6.74. The molecule has 0 spiro atoms. The Morgan fingerprint density at radius 2 is 2.03 bits per heavy atom. The van der Waals surface area contributed by atoms with E-state index in [0.29, 0.717) is 31.7 Å². The average Bonchev–Trinajstić information content (AvgIpc) is 3.11. The van der Waals surface area contributed by atoms with Crippen LogP contribution in [0.25, 0.3) is 0 Å². The number of carbonyl (C=O) groups excluding carboxylic acids is 1. The van der Waals surface area contributed by atoms with Crippen LogP contribution >= 0.6 is 0 Å². The summed E-state index contributed by atoms with van der Waals surface area (Å²) in [6.45, 7) is 15.6. The topological polar surface area (TPSA) is 105 Å². The molecule has 33 heavy (non-hydrogen) atoms. The summed E-state index contributed by atoms with van der Waals surface area (Å²) in [6.07, 6.45) is 2.56. The molecule has 3 rings (SSSR count). The number of nitriles is 1. The quantitative estimate of drug-likeness (QED) is 0.607. The lowest BCUT2D eigenvalue weighted by Crippen LogP contribution is -2.60. The smallest absolute Gasteiger partial charge is 0.252 e. The number of hydrogen-bond acceptors (Lipinski definition) is 7. The number of nitrogens with two attached hydrogens (primary N) is 1. The Bertz CT molecular complexity index is 862. The lowest BCUT2D eigenvalue weighted by Gasteiger charge is -2.48. The first-order valence-electron chi connectivity index (χ1n) is 11.9. The molecule has 1 amide bonds. The minimum absolute atomic E-state index is 0.00477. The Morgan fingerprint density at radius 1 is 1.30 bits per heavy atom. The molecule has 0 unspecified atom stereocenters. The van der Waals surface area contributed by atoms with Gasteiger partial charge in [0.1, 0.15) is 18.0 Å². The molecule has 182 valence electrons. The summed E-state index contributed by atoms with van der Waals surface area (Å²) < 4.78 is 12.7. The Balaban J connectivity index is 1.80. The van der Waals surface area contributed by atoms with Gasteiger partial charge in [-0.2, -0.15) is 5.26 Å². The molecule has 0 radical (unpaired) electrons. The van der Waals surface area contributed by atoms with Gasteiger partial charge in [0.2, 0.25) is 0 Å². The van der Waals surface area contributed by atoms with Gasteiger partial charge in [-0.1, -0.05) is 20.8 Å². The van der Waals surface area contributed by atoms with Gasteiger partial charge in [0.25, 0.3) is 5.91 Å². The number of anilines is 1. The maximum absolute atomic E-state index is 13.2. The highest BCUT2D eigenvalue weighted by atomic mass is 28.4. The second-order valence-electron chi connectivity index (χ2n) is 10.9. The minimum Gasteiger partial charge on any atom is -0.410 e. The Labute approximate surface area is 199 Å². The third-order valence-electron chi connectivity index (χ3n) is 7.13. The molecule has 0 bridgehead atoms. The summed E-state index contributed by atoms with van der Waals surface area (Å²) in [4.78, 5) is 21.9. The summed E-state index contributed by atoms with van der Waals surface area (Å²) in [5.41, 5.74) is 6.36. The Kier molecular flexibility index (Phi) is 7.84. The molecule has 2 saturated heterocycles. The van der Waals surface area contributed by atoms with E-state index < -0.39 is 14.4 Å². The summed E-state index contributed by atoms with van der Waals surface area (Å²) in [7, 11) is -2.08. The van der Waals surface area contributed by atoms with Crippen LogP contribution in [0.15, 0.2) is 18.3 Å². The van der Waals surface area contributed by atoms with Crippen molar-refractivity contribution in [2.75, 3.05) is 31.1 Å². The molecule has 2 N–H and O–H groups in total. The zero-order chi connectivity index (χ0) is 24.4. The maximum Gasteiger partial charge on any atom is 0.252 e. The standard InChI is InChI=1S/C24H39N5O3Si/c1-17(26)16-31-20-10-12-29(23(20)30)19-9-11-28(22-8-7-18(13-25)14-27-22)15-21(19)32-33(5,6)24(2,3)4/h7-8,14,17,19-21H,9-12,15-16,26H2,1-6H3/t17-,19+,20+,21+/m0/s1. The van der Waals surface area contributed by atoms with Gasteiger partial charge in [-0.05, 0) is 43.6 Å².